The number of nitrogens with zero attached hydrogens (tertiary/aromatic N) is 1. The first-order chi connectivity index (χ1) is 9.47. The molecule has 1 aromatic carbocycles. The molecule has 0 amide bonds. The number of benzene rings is 1. The van der Waals surface area contributed by atoms with Crippen LogP contribution in [0, 0.1) is 6.92 Å². The number of hydrogen-bond donors (Lipinski definition) is 1. The Hall–Kier alpha value is -2.36. The van der Waals surface area contributed by atoms with Gasteiger partial charge in [0.15, 0.2) is 0 Å². The van der Waals surface area contributed by atoms with Crippen LogP contribution >= 0.6 is 0 Å². The Kier molecular flexibility index (Phi) is 4.03. The third kappa shape index (κ3) is 3.15. The van der Waals surface area contributed by atoms with Crippen molar-refractivity contribution in [3.63, 3.8) is 0 Å². The Bertz CT molecular complexity index is 635. The van der Waals surface area contributed by atoms with Crippen molar-refractivity contribution in [1.82, 2.24) is 4.98 Å². The minimum Gasteiger partial charge on any atom is -0.478 e. The molecule has 2 rings (SSSR count). The van der Waals surface area contributed by atoms with Gasteiger partial charge in [0.05, 0.1) is 5.56 Å². The van der Waals surface area contributed by atoms with Gasteiger partial charge >= 0.3 is 5.97 Å². The van der Waals surface area contributed by atoms with Gasteiger partial charge in [-0.1, -0.05) is 26.0 Å². The van der Waals surface area contributed by atoms with E-state index in [9.17, 15) is 4.79 Å². The quantitative estimate of drug-likeness (QED) is 0.912. The van der Waals surface area contributed by atoms with Crippen molar-refractivity contribution in [3.05, 3.63) is 53.2 Å². The second kappa shape index (κ2) is 5.74. The molecule has 104 valence electrons. The summed E-state index contributed by atoms with van der Waals surface area (Å²) in [6.45, 7) is 6.15. The molecule has 0 atom stereocenters. The predicted octanol–water partition coefficient (Wildman–Crippen LogP) is 4.00. The van der Waals surface area contributed by atoms with E-state index in [0.29, 0.717) is 5.92 Å². The molecule has 0 aliphatic carbocycles. The SMILES string of the molecule is Cc1ccc(C(C)C)c(Oc2cc(C(=O)O)ccn2)c1. The molecular weight excluding hydrogens is 254 g/mol. The molecule has 4 heteroatoms. The lowest BCUT2D eigenvalue weighted by atomic mass is 10.0. The average Bonchev–Trinajstić information content (AvgIpc) is 2.38. The number of carbonyl (C=O) groups is 1. The second-order valence-corrected chi connectivity index (χ2v) is 4.99. The summed E-state index contributed by atoms with van der Waals surface area (Å²) < 4.78 is 5.77. The highest BCUT2D eigenvalue weighted by molar-refractivity contribution is 5.87. The molecule has 1 N–H and O–H groups in total. The van der Waals surface area contributed by atoms with E-state index in [-0.39, 0.29) is 11.4 Å². The van der Waals surface area contributed by atoms with Crippen LogP contribution in [0.3, 0.4) is 0 Å². The number of carboxylic acids is 1. The zero-order chi connectivity index (χ0) is 14.7. The van der Waals surface area contributed by atoms with E-state index in [1.165, 1.54) is 18.3 Å². The summed E-state index contributed by atoms with van der Waals surface area (Å²) >= 11 is 0. The predicted molar refractivity (Wildman–Crippen MR) is 76.5 cm³/mol. The van der Waals surface area contributed by atoms with E-state index in [4.69, 9.17) is 9.84 Å². The molecule has 0 bridgehead atoms. The zero-order valence-electron chi connectivity index (χ0n) is 11.8. The number of aromatic carboxylic acids is 1. The number of aromatic nitrogens is 1. The van der Waals surface area contributed by atoms with E-state index in [1.54, 1.807) is 0 Å². The lowest BCUT2D eigenvalue weighted by Crippen LogP contribution is -1.99. The fraction of sp³-hybridized carbons (Fsp3) is 0.250. The third-order valence-electron chi connectivity index (χ3n) is 2.99. The maximum absolute atomic E-state index is 11.0. The molecular formula is C16H17NO3. The number of rotatable bonds is 4. The van der Waals surface area contributed by atoms with Gasteiger partial charge in [0.2, 0.25) is 5.88 Å². The van der Waals surface area contributed by atoms with Gasteiger partial charge in [-0.25, -0.2) is 9.78 Å². The normalized spacial score (nSPS) is 10.6. The number of ether oxygens (including phenoxy) is 1. The molecule has 0 radical (unpaired) electrons. The number of pyridine rings is 1. The average molecular weight is 271 g/mol. The summed E-state index contributed by atoms with van der Waals surface area (Å²) in [5, 5.41) is 8.98. The summed E-state index contributed by atoms with van der Waals surface area (Å²) in [4.78, 5) is 15.0. The molecule has 20 heavy (non-hydrogen) atoms. The van der Waals surface area contributed by atoms with E-state index in [0.717, 1.165) is 16.9 Å². The molecule has 0 unspecified atom stereocenters. The summed E-state index contributed by atoms with van der Waals surface area (Å²) in [6.07, 6.45) is 1.43. The minimum absolute atomic E-state index is 0.161. The van der Waals surface area contributed by atoms with E-state index in [1.807, 2.05) is 25.1 Å². The second-order valence-electron chi connectivity index (χ2n) is 4.99. The van der Waals surface area contributed by atoms with Gasteiger partial charge in [-0.05, 0) is 36.1 Å². The van der Waals surface area contributed by atoms with Gasteiger partial charge < -0.3 is 9.84 Å². The van der Waals surface area contributed by atoms with Crippen LogP contribution in [-0.2, 0) is 0 Å². The fourth-order valence-electron chi connectivity index (χ4n) is 1.92. The molecule has 1 aromatic heterocycles. The summed E-state index contributed by atoms with van der Waals surface area (Å²) in [5.41, 5.74) is 2.31. The van der Waals surface area contributed by atoms with Gasteiger partial charge in [0, 0.05) is 12.3 Å². The first-order valence-electron chi connectivity index (χ1n) is 6.45. The van der Waals surface area contributed by atoms with Crippen LogP contribution in [0.2, 0.25) is 0 Å². The highest BCUT2D eigenvalue weighted by Gasteiger charge is 2.11. The first kappa shape index (κ1) is 14.1. The van der Waals surface area contributed by atoms with Crippen LogP contribution in [0.25, 0.3) is 0 Å². The number of carboxylic acid groups (broad SMARTS) is 1. The lowest BCUT2D eigenvalue weighted by Gasteiger charge is -2.14. The fourth-order valence-corrected chi connectivity index (χ4v) is 1.92. The number of aryl methyl sites for hydroxylation is 1. The van der Waals surface area contributed by atoms with Crippen LogP contribution < -0.4 is 4.74 Å². The molecule has 0 aliphatic rings. The van der Waals surface area contributed by atoms with E-state index >= 15 is 0 Å². The molecule has 1 heterocycles. The molecule has 0 aliphatic heterocycles. The number of hydrogen-bond acceptors (Lipinski definition) is 3. The third-order valence-corrected chi connectivity index (χ3v) is 2.99. The Labute approximate surface area is 118 Å². The van der Waals surface area contributed by atoms with E-state index < -0.39 is 5.97 Å². The van der Waals surface area contributed by atoms with Crippen molar-refractivity contribution < 1.29 is 14.6 Å². The van der Waals surface area contributed by atoms with Gasteiger partial charge in [-0.2, -0.15) is 0 Å². The molecule has 0 spiro atoms. The monoisotopic (exact) mass is 271 g/mol. The Morgan fingerprint density at radius 3 is 2.65 bits per heavy atom. The summed E-state index contributed by atoms with van der Waals surface area (Å²) in [6, 6.07) is 8.85. The van der Waals surface area contributed by atoms with Crippen LogP contribution in [0.4, 0.5) is 0 Å². The topological polar surface area (TPSA) is 59.4 Å². The maximum atomic E-state index is 11.0. The van der Waals surface area contributed by atoms with Gasteiger partial charge in [-0.15, -0.1) is 0 Å². The zero-order valence-corrected chi connectivity index (χ0v) is 11.8. The van der Waals surface area contributed by atoms with Crippen molar-refractivity contribution in [2.75, 3.05) is 0 Å². The first-order valence-corrected chi connectivity index (χ1v) is 6.45. The van der Waals surface area contributed by atoms with Crippen LogP contribution in [0.5, 0.6) is 11.6 Å². The molecule has 2 aromatic rings. The maximum Gasteiger partial charge on any atom is 0.335 e. The van der Waals surface area contributed by atoms with Crippen LogP contribution in [0.15, 0.2) is 36.5 Å². The summed E-state index contributed by atoms with van der Waals surface area (Å²) in [5.74, 6) is 0.325. The molecule has 0 saturated heterocycles. The standard InChI is InChI=1S/C16H17NO3/c1-10(2)13-5-4-11(3)8-14(13)20-15-9-12(16(18)19)6-7-17-15/h4-10H,1-3H3,(H,18,19). The van der Waals surface area contributed by atoms with Crippen molar-refractivity contribution in [1.29, 1.82) is 0 Å². The van der Waals surface area contributed by atoms with E-state index in [2.05, 4.69) is 18.8 Å². The Morgan fingerprint density at radius 1 is 1.25 bits per heavy atom. The van der Waals surface area contributed by atoms with Crippen molar-refractivity contribution in [2.45, 2.75) is 26.7 Å². The molecule has 4 nitrogen and oxygen atoms in total. The smallest absolute Gasteiger partial charge is 0.335 e. The highest BCUT2D eigenvalue weighted by atomic mass is 16.5. The Balaban J connectivity index is 2.36. The van der Waals surface area contributed by atoms with Crippen molar-refractivity contribution in [2.24, 2.45) is 0 Å². The minimum atomic E-state index is -0.995. The van der Waals surface area contributed by atoms with Crippen LogP contribution in [-0.4, -0.2) is 16.1 Å². The van der Waals surface area contributed by atoms with Gasteiger partial charge in [-0.3, -0.25) is 0 Å². The van der Waals surface area contributed by atoms with Crippen molar-refractivity contribution in [3.8, 4) is 11.6 Å². The molecule has 0 fully saturated rings. The molecule has 0 saturated carbocycles. The lowest BCUT2D eigenvalue weighted by molar-refractivity contribution is 0.0696. The Morgan fingerprint density at radius 2 is 2.00 bits per heavy atom. The van der Waals surface area contributed by atoms with Gasteiger partial charge in [0.25, 0.3) is 0 Å². The highest BCUT2D eigenvalue weighted by Crippen LogP contribution is 2.30. The van der Waals surface area contributed by atoms with Crippen LogP contribution in [0.1, 0.15) is 41.3 Å². The van der Waals surface area contributed by atoms with Gasteiger partial charge in [0.1, 0.15) is 5.75 Å². The van der Waals surface area contributed by atoms with Crippen molar-refractivity contribution >= 4 is 5.97 Å². The largest absolute Gasteiger partial charge is 0.478 e. The summed E-state index contributed by atoms with van der Waals surface area (Å²) in [7, 11) is 0.